The highest BCUT2D eigenvalue weighted by Crippen LogP contribution is 2.37. The van der Waals surface area contributed by atoms with Crippen LogP contribution in [0.4, 0.5) is 0 Å². The number of rotatable bonds is 15. The maximum atomic E-state index is 13.5. The molecule has 44 heavy (non-hydrogen) atoms. The number of carbonyl (C=O) groups is 4. The Bertz CT molecular complexity index is 1400. The molecular weight excluding hydrogens is 687 g/mol. The average molecular weight is 725 g/mol. The molecule has 2 aromatic carbocycles. The number of benzene rings is 2. The highest BCUT2D eigenvalue weighted by molar-refractivity contribution is 14.1. The van der Waals surface area contributed by atoms with E-state index in [9.17, 15) is 29.4 Å². The Kier molecular flexibility index (Phi) is 13.0. The van der Waals surface area contributed by atoms with Crippen molar-refractivity contribution >= 4 is 46.5 Å². The third kappa shape index (κ3) is 8.27. The minimum atomic E-state index is -1.38. The van der Waals surface area contributed by atoms with Crippen LogP contribution in [-0.2, 0) is 20.8 Å². The van der Waals surface area contributed by atoms with Crippen molar-refractivity contribution in [3.8, 4) is 23.0 Å². The molecule has 3 unspecified atom stereocenters. The molecule has 13 heteroatoms. The molecule has 0 aliphatic heterocycles. The molecule has 0 radical (unpaired) electrons. The molecule has 0 spiro atoms. The molecule has 0 bridgehead atoms. The van der Waals surface area contributed by atoms with Crippen LogP contribution in [0, 0.1) is 3.57 Å². The highest BCUT2D eigenvalue weighted by Gasteiger charge is 2.42. The number of aldehydes is 1. The van der Waals surface area contributed by atoms with Crippen molar-refractivity contribution in [3.05, 3.63) is 56.7 Å². The zero-order valence-corrected chi connectivity index (χ0v) is 27.2. The number of aliphatic hydroxyl groups excluding tert-OH is 2. The molecule has 2 aromatic rings. The Morgan fingerprint density at radius 3 is 2.43 bits per heavy atom. The van der Waals surface area contributed by atoms with Gasteiger partial charge in [0.05, 0.1) is 37.5 Å². The van der Waals surface area contributed by atoms with E-state index in [1.165, 1.54) is 38.4 Å². The van der Waals surface area contributed by atoms with Crippen molar-refractivity contribution in [3.63, 3.8) is 0 Å². The Hall–Kier alpha value is -3.69. The van der Waals surface area contributed by atoms with Gasteiger partial charge in [0.1, 0.15) is 30.0 Å². The minimum absolute atomic E-state index is 0.00295. The summed E-state index contributed by atoms with van der Waals surface area (Å²) in [6, 6.07) is 7.24. The van der Waals surface area contributed by atoms with E-state index < -0.39 is 35.8 Å². The third-order valence-electron chi connectivity index (χ3n) is 7.19. The SMILES string of the molecule is CCC(=O)C(=O)N(CCc1cc(OC)ccc1OC)C1CC(C(=O)NCCO)=CC(Oc2c(I)cc(C=O)cc2OC)C1O. The van der Waals surface area contributed by atoms with Crippen molar-refractivity contribution in [2.24, 2.45) is 0 Å². The monoisotopic (exact) mass is 724 g/mol. The lowest BCUT2D eigenvalue weighted by Crippen LogP contribution is -2.56. The molecule has 3 rings (SSSR count). The number of nitrogens with one attached hydrogen (secondary N) is 1. The Balaban J connectivity index is 2.06. The molecule has 0 saturated carbocycles. The van der Waals surface area contributed by atoms with E-state index in [0.29, 0.717) is 32.5 Å². The Morgan fingerprint density at radius 2 is 1.82 bits per heavy atom. The van der Waals surface area contributed by atoms with Gasteiger partial charge in [-0.2, -0.15) is 0 Å². The number of Topliss-reactive ketones (excluding diaryl/α,β-unsaturated/α-hetero) is 1. The number of ketones is 1. The molecule has 0 fully saturated rings. The van der Waals surface area contributed by atoms with Crippen LogP contribution in [0.1, 0.15) is 35.7 Å². The van der Waals surface area contributed by atoms with Crippen molar-refractivity contribution in [2.75, 3.05) is 41.0 Å². The van der Waals surface area contributed by atoms with E-state index in [2.05, 4.69) is 5.32 Å². The van der Waals surface area contributed by atoms with E-state index >= 15 is 0 Å². The van der Waals surface area contributed by atoms with Gasteiger partial charge in [-0.3, -0.25) is 19.2 Å². The summed E-state index contributed by atoms with van der Waals surface area (Å²) < 4.78 is 23.0. The minimum Gasteiger partial charge on any atom is -0.497 e. The zero-order valence-electron chi connectivity index (χ0n) is 25.0. The number of carbonyl (C=O) groups excluding carboxylic acids is 4. The molecule has 3 atom stereocenters. The van der Waals surface area contributed by atoms with Crippen LogP contribution in [0.25, 0.3) is 0 Å². The normalized spacial score (nSPS) is 17.6. The lowest BCUT2D eigenvalue weighted by molar-refractivity contribution is -0.149. The first kappa shape index (κ1) is 34.8. The summed E-state index contributed by atoms with van der Waals surface area (Å²) in [5.41, 5.74) is 1.25. The number of hydrogen-bond acceptors (Lipinski definition) is 10. The standard InChI is InChI=1S/C31H37IN2O10/c1-5-24(37)31(40)34(10-8-19-14-21(41-2)6-7-25(19)42-3)23-15-20(30(39)33-9-11-35)16-26(28(23)38)44-29-22(32)12-18(17-36)13-27(29)43-4/h6-7,12-14,16-17,23,26,28,35,38H,5,8-11,15H2,1-4H3,(H,33,39). The van der Waals surface area contributed by atoms with Gasteiger partial charge < -0.3 is 39.4 Å². The molecule has 0 aromatic heterocycles. The van der Waals surface area contributed by atoms with Crippen molar-refractivity contribution in [2.45, 2.75) is 44.4 Å². The van der Waals surface area contributed by atoms with E-state index in [1.807, 2.05) is 22.6 Å². The van der Waals surface area contributed by atoms with Crippen molar-refractivity contribution in [1.29, 1.82) is 0 Å². The first-order chi connectivity index (χ1) is 21.1. The van der Waals surface area contributed by atoms with Gasteiger partial charge >= 0.3 is 0 Å². The highest BCUT2D eigenvalue weighted by atomic mass is 127. The fourth-order valence-electron chi connectivity index (χ4n) is 4.89. The Morgan fingerprint density at radius 1 is 1.09 bits per heavy atom. The summed E-state index contributed by atoms with van der Waals surface area (Å²) >= 11 is 1.97. The third-order valence-corrected chi connectivity index (χ3v) is 7.99. The maximum absolute atomic E-state index is 13.5. The number of hydrogen-bond donors (Lipinski definition) is 3. The first-order valence-corrected chi connectivity index (χ1v) is 15.0. The molecular formula is C31H37IN2O10. The topological polar surface area (TPSA) is 161 Å². The quantitative estimate of drug-likeness (QED) is 0.141. The molecule has 3 N–H and O–H groups in total. The summed E-state index contributed by atoms with van der Waals surface area (Å²) in [4.78, 5) is 52.0. The van der Waals surface area contributed by atoms with Crippen LogP contribution in [0.15, 0.2) is 42.0 Å². The van der Waals surface area contributed by atoms with Crippen LogP contribution in [0.5, 0.6) is 23.0 Å². The number of ether oxygens (including phenoxy) is 4. The van der Waals surface area contributed by atoms with Crippen molar-refractivity contribution in [1.82, 2.24) is 10.2 Å². The summed E-state index contributed by atoms with van der Waals surface area (Å²) in [6.07, 6.45) is -0.329. The smallest absolute Gasteiger partial charge is 0.290 e. The van der Waals surface area contributed by atoms with Gasteiger partial charge in [-0.05, 0) is 71.0 Å². The van der Waals surface area contributed by atoms with Gasteiger partial charge in [0, 0.05) is 37.1 Å². The van der Waals surface area contributed by atoms with Gasteiger partial charge in [-0.25, -0.2) is 0 Å². The van der Waals surface area contributed by atoms with Crippen molar-refractivity contribution < 1.29 is 48.3 Å². The number of nitrogens with zero attached hydrogens (tertiary/aromatic N) is 1. The van der Waals surface area contributed by atoms with Gasteiger partial charge in [0.2, 0.25) is 11.7 Å². The summed E-state index contributed by atoms with van der Waals surface area (Å²) in [5.74, 6) is -0.415. The van der Waals surface area contributed by atoms with Crippen LogP contribution in [-0.4, -0.2) is 98.3 Å². The number of aliphatic hydroxyl groups is 2. The lowest BCUT2D eigenvalue weighted by Gasteiger charge is -2.40. The van der Waals surface area contributed by atoms with Crippen LogP contribution in [0.3, 0.4) is 0 Å². The van der Waals surface area contributed by atoms with E-state index in [0.717, 1.165) is 0 Å². The van der Waals surface area contributed by atoms with Crippen LogP contribution >= 0.6 is 22.6 Å². The summed E-state index contributed by atoms with van der Waals surface area (Å²) in [6.45, 7) is 1.27. The average Bonchev–Trinajstić information content (AvgIpc) is 3.04. The summed E-state index contributed by atoms with van der Waals surface area (Å²) in [7, 11) is 4.44. The first-order valence-electron chi connectivity index (χ1n) is 13.9. The molecule has 238 valence electrons. The fraction of sp³-hybridized carbons (Fsp3) is 0.419. The zero-order chi connectivity index (χ0) is 32.4. The molecule has 0 heterocycles. The molecule has 1 aliphatic rings. The molecule has 12 nitrogen and oxygen atoms in total. The second-order valence-corrected chi connectivity index (χ2v) is 11.0. The second kappa shape index (κ2) is 16.4. The van der Waals surface area contributed by atoms with Gasteiger partial charge in [0.25, 0.3) is 5.91 Å². The molecule has 0 saturated heterocycles. The fourth-order valence-corrected chi connectivity index (χ4v) is 5.64. The predicted molar refractivity (Wildman–Crippen MR) is 168 cm³/mol. The van der Waals surface area contributed by atoms with Crippen LogP contribution in [0.2, 0.25) is 0 Å². The maximum Gasteiger partial charge on any atom is 0.290 e. The van der Waals surface area contributed by atoms with E-state index in [-0.39, 0.29) is 56.0 Å². The Labute approximate surface area is 269 Å². The van der Waals surface area contributed by atoms with E-state index in [1.54, 1.807) is 31.2 Å². The largest absolute Gasteiger partial charge is 0.497 e. The summed E-state index contributed by atoms with van der Waals surface area (Å²) in [5, 5.41) is 23.5. The van der Waals surface area contributed by atoms with Gasteiger partial charge in [-0.1, -0.05) is 6.92 Å². The van der Waals surface area contributed by atoms with E-state index in [4.69, 9.17) is 18.9 Å². The van der Waals surface area contributed by atoms with Crippen LogP contribution < -0.4 is 24.3 Å². The van der Waals surface area contributed by atoms with Gasteiger partial charge in [-0.15, -0.1) is 0 Å². The molecule has 2 amide bonds. The molecule has 1 aliphatic carbocycles. The number of amides is 2. The van der Waals surface area contributed by atoms with Gasteiger partial charge in [0.15, 0.2) is 11.5 Å². The number of halogens is 1. The second-order valence-electron chi connectivity index (χ2n) is 9.87. The predicted octanol–water partition coefficient (Wildman–Crippen LogP) is 2.10. The number of methoxy groups -OCH3 is 3. The lowest BCUT2D eigenvalue weighted by atomic mass is 9.87.